The number of hydrogen-bond donors (Lipinski definition) is 1. The van der Waals surface area contributed by atoms with Crippen molar-refractivity contribution in [3.63, 3.8) is 0 Å². The quantitative estimate of drug-likeness (QED) is 0.561. The van der Waals surface area contributed by atoms with Gasteiger partial charge in [-0.2, -0.15) is 16.3 Å². The number of aryl methyl sites for hydroxylation is 2. The zero-order chi connectivity index (χ0) is 18.4. The number of thiophene rings is 1. The van der Waals surface area contributed by atoms with Gasteiger partial charge in [0.15, 0.2) is 0 Å². The van der Waals surface area contributed by atoms with Crippen LogP contribution < -0.4 is 5.32 Å². The van der Waals surface area contributed by atoms with Crippen LogP contribution in [0.1, 0.15) is 31.2 Å². The first-order chi connectivity index (χ1) is 12.6. The minimum atomic E-state index is 0.00332. The van der Waals surface area contributed by atoms with E-state index in [1.165, 1.54) is 5.56 Å². The average Bonchev–Trinajstić information content (AvgIpc) is 3.31. The second kappa shape index (κ2) is 9.09. The molecule has 3 rings (SSSR count). The van der Waals surface area contributed by atoms with Crippen molar-refractivity contribution in [2.45, 2.75) is 38.6 Å². The van der Waals surface area contributed by atoms with Crippen LogP contribution in [-0.2, 0) is 17.6 Å². The van der Waals surface area contributed by atoms with Crippen molar-refractivity contribution >= 4 is 33.2 Å². The molecule has 0 aliphatic rings. The highest BCUT2D eigenvalue weighted by Crippen LogP contribution is 2.19. The Hall–Kier alpha value is -1.99. The number of nitrogens with one attached hydrogen (secondary N) is 1. The largest absolute Gasteiger partial charge is 0.354 e. The van der Waals surface area contributed by atoms with Gasteiger partial charge in [0.1, 0.15) is 0 Å². The first-order valence-corrected chi connectivity index (χ1v) is 10.2. The zero-order valence-electron chi connectivity index (χ0n) is 14.4. The SMILES string of the molecule is CC(CCc1ccc(Br)cc1)NC(=O)CCc1nc(-c2ccsc2)no1. The van der Waals surface area contributed by atoms with Crippen LogP contribution in [0.5, 0.6) is 0 Å². The lowest BCUT2D eigenvalue weighted by molar-refractivity contribution is -0.121. The Bertz CT molecular complexity index is 831. The highest BCUT2D eigenvalue weighted by Gasteiger charge is 2.12. The van der Waals surface area contributed by atoms with Gasteiger partial charge in [-0.25, -0.2) is 0 Å². The lowest BCUT2D eigenvalue weighted by Crippen LogP contribution is -2.33. The predicted molar refractivity (Wildman–Crippen MR) is 106 cm³/mol. The summed E-state index contributed by atoms with van der Waals surface area (Å²) < 4.78 is 6.29. The van der Waals surface area contributed by atoms with Gasteiger partial charge in [0.25, 0.3) is 0 Å². The Morgan fingerprint density at radius 1 is 1.27 bits per heavy atom. The molecule has 1 N–H and O–H groups in total. The third kappa shape index (κ3) is 5.51. The molecule has 136 valence electrons. The fraction of sp³-hybridized carbons (Fsp3) is 0.316. The van der Waals surface area contributed by atoms with Crippen LogP contribution in [0.3, 0.4) is 0 Å². The predicted octanol–water partition coefficient (Wildman–Crippen LogP) is 4.63. The molecular weight excluding hydrogens is 414 g/mol. The maximum absolute atomic E-state index is 12.1. The van der Waals surface area contributed by atoms with Gasteiger partial charge in [-0.15, -0.1) is 0 Å². The second-order valence-electron chi connectivity index (χ2n) is 6.16. The van der Waals surface area contributed by atoms with E-state index in [4.69, 9.17) is 4.52 Å². The number of aromatic nitrogens is 2. The number of carbonyl (C=O) groups excluding carboxylic acids is 1. The molecule has 3 aromatic rings. The van der Waals surface area contributed by atoms with E-state index in [0.717, 1.165) is 22.9 Å². The van der Waals surface area contributed by atoms with Gasteiger partial charge in [0.2, 0.25) is 17.6 Å². The van der Waals surface area contributed by atoms with Crippen molar-refractivity contribution < 1.29 is 9.32 Å². The Morgan fingerprint density at radius 2 is 2.08 bits per heavy atom. The van der Waals surface area contributed by atoms with Gasteiger partial charge in [0.05, 0.1) is 0 Å². The molecule has 0 saturated carbocycles. The summed E-state index contributed by atoms with van der Waals surface area (Å²) in [5.74, 6) is 1.07. The van der Waals surface area contributed by atoms with Crippen LogP contribution >= 0.6 is 27.3 Å². The number of amides is 1. The van der Waals surface area contributed by atoms with Gasteiger partial charge in [-0.1, -0.05) is 33.2 Å². The maximum atomic E-state index is 12.1. The minimum absolute atomic E-state index is 0.00332. The number of nitrogens with zero attached hydrogens (tertiary/aromatic N) is 2. The molecule has 0 spiro atoms. The molecule has 0 aliphatic carbocycles. The highest BCUT2D eigenvalue weighted by atomic mass is 79.9. The summed E-state index contributed by atoms with van der Waals surface area (Å²) >= 11 is 5.02. The van der Waals surface area contributed by atoms with Gasteiger partial charge >= 0.3 is 0 Å². The Morgan fingerprint density at radius 3 is 2.81 bits per heavy atom. The van der Waals surface area contributed by atoms with Crippen LogP contribution in [0, 0.1) is 0 Å². The molecule has 5 nitrogen and oxygen atoms in total. The molecule has 26 heavy (non-hydrogen) atoms. The highest BCUT2D eigenvalue weighted by molar-refractivity contribution is 9.10. The van der Waals surface area contributed by atoms with Gasteiger partial charge in [0, 0.05) is 34.3 Å². The topological polar surface area (TPSA) is 68.0 Å². The van der Waals surface area contributed by atoms with Crippen LogP contribution in [0.25, 0.3) is 11.4 Å². The van der Waals surface area contributed by atoms with Crippen LogP contribution in [0.15, 0.2) is 50.1 Å². The van der Waals surface area contributed by atoms with Crippen molar-refractivity contribution in [3.05, 3.63) is 57.0 Å². The summed E-state index contributed by atoms with van der Waals surface area (Å²) in [4.78, 5) is 16.4. The number of benzene rings is 1. The smallest absolute Gasteiger partial charge is 0.227 e. The van der Waals surface area contributed by atoms with Crippen LogP contribution in [0.4, 0.5) is 0 Å². The molecule has 2 heterocycles. The lowest BCUT2D eigenvalue weighted by atomic mass is 10.1. The summed E-state index contributed by atoms with van der Waals surface area (Å²) in [5.41, 5.74) is 2.21. The molecule has 1 atom stereocenters. The van der Waals surface area contributed by atoms with Crippen molar-refractivity contribution in [3.8, 4) is 11.4 Å². The van der Waals surface area contributed by atoms with E-state index in [9.17, 15) is 4.79 Å². The molecular formula is C19H20BrN3O2S. The zero-order valence-corrected chi connectivity index (χ0v) is 16.8. The van der Waals surface area contributed by atoms with Crippen molar-refractivity contribution in [2.75, 3.05) is 0 Å². The summed E-state index contributed by atoms with van der Waals surface area (Å²) in [6.07, 6.45) is 2.62. The second-order valence-corrected chi connectivity index (χ2v) is 7.85. The molecule has 1 amide bonds. The third-order valence-corrected chi connectivity index (χ3v) is 5.21. The average molecular weight is 434 g/mol. The van der Waals surface area contributed by atoms with Crippen LogP contribution in [-0.4, -0.2) is 22.1 Å². The standard InChI is InChI=1S/C19H20BrN3O2S/c1-13(2-3-14-4-6-16(20)7-5-14)21-17(24)8-9-18-22-19(23-25-18)15-10-11-26-12-15/h4-7,10-13H,2-3,8-9H2,1H3,(H,21,24). The lowest BCUT2D eigenvalue weighted by Gasteiger charge is -2.13. The van der Waals surface area contributed by atoms with E-state index in [0.29, 0.717) is 24.6 Å². The third-order valence-electron chi connectivity index (χ3n) is 4.00. The van der Waals surface area contributed by atoms with E-state index in [1.54, 1.807) is 11.3 Å². The van der Waals surface area contributed by atoms with Crippen molar-refractivity contribution in [1.29, 1.82) is 0 Å². The first kappa shape index (κ1) is 18.8. The van der Waals surface area contributed by atoms with Crippen LogP contribution in [0.2, 0.25) is 0 Å². The molecule has 7 heteroatoms. The van der Waals surface area contributed by atoms with Gasteiger partial charge in [-0.05, 0) is 48.9 Å². The molecule has 0 bridgehead atoms. The molecule has 0 radical (unpaired) electrons. The number of rotatable bonds is 8. The summed E-state index contributed by atoms with van der Waals surface area (Å²) in [5, 5.41) is 10.9. The molecule has 0 saturated heterocycles. The fourth-order valence-corrected chi connectivity index (χ4v) is 3.44. The molecule has 0 fully saturated rings. The van der Waals surface area contributed by atoms with Gasteiger partial charge < -0.3 is 9.84 Å². The Balaban J connectivity index is 1.40. The Kier molecular flexibility index (Phi) is 6.57. The number of halogens is 1. The minimum Gasteiger partial charge on any atom is -0.354 e. The summed E-state index contributed by atoms with van der Waals surface area (Å²) in [6.45, 7) is 2.03. The maximum Gasteiger partial charge on any atom is 0.227 e. The molecule has 1 aromatic carbocycles. The van der Waals surface area contributed by atoms with E-state index in [2.05, 4.69) is 43.5 Å². The molecule has 2 aromatic heterocycles. The molecule has 1 unspecified atom stereocenters. The normalized spacial score (nSPS) is 12.1. The van der Waals surface area contributed by atoms with Crippen molar-refractivity contribution in [1.82, 2.24) is 15.5 Å². The molecule has 0 aliphatic heterocycles. The van der Waals surface area contributed by atoms with E-state index in [1.807, 2.05) is 35.9 Å². The summed E-state index contributed by atoms with van der Waals surface area (Å²) in [7, 11) is 0. The Labute approximate surface area is 165 Å². The van der Waals surface area contributed by atoms with E-state index < -0.39 is 0 Å². The van der Waals surface area contributed by atoms with E-state index in [-0.39, 0.29) is 11.9 Å². The van der Waals surface area contributed by atoms with Crippen molar-refractivity contribution in [2.24, 2.45) is 0 Å². The monoisotopic (exact) mass is 433 g/mol. The van der Waals surface area contributed by atoms with E-state index >= 15 is 0 Å². The fourth-order valence-electron chi connectivity index (χ4n) is 2.54. The summed E-state index contributed by atoms with van der Waals surface area (Å²) in [6, 6.07) is 10.3. The van der Waals surface area contributed by atoms with Gasteiger partial charge in [-0.3, -0.25) is 4.79 Å². The number of carbonyl (C=O) groups is 1. The first-order valence-electron chi connectivity index (χ1n) is 8.49. The number of hydrogen-bond acceptors (Lipinski definition) is 5.